The smallest absolute Gasteiger partial charge is 0.265 e. The molecule has 6 heteroatoms. The van der Waals surface area contributed by atoms with Crippen molar-refractivity contribution in [3.63, 3.8) is 0 Å². The Kier molecular flexibility index (Phi) is 5.50. The largest absolute Gasteiger partial charge is 0.350 e. The molecule has 1 unspecified atom stereocenters. The van der Waals surface area contributed by atoms with Crippen molar-refractivity contribution >= 4 is 17.4 Å². The minimum atomic E-state index is -0.112. The molecule has 0 fully saturated rings. The Bertz CT molecular complexity index is 364. The van der Waals surface area contributed by atoms with E-state index in [2.05, 4.69) is 21.8 Å². The lowest BCUT2D eigenvalue weighted by Gasteiger charge is -2.15. The van der Waals surface area contributed by atoms with E-state index < -0.39 is 0 Å². The molecule has 0 bridgehead atoms. The molecule has 0 saturated heterocycles. The van der Waals surface area contributed by atoms with Crippen LogP contribution in [0.15, 0.2) is 0 Å². The summed E-state index contributed by atoms with van der Waals surface area (Å²) in [5, 5.41) is 6.80. The Labute approximate surface area is 106 Å². The Morgan fingerprint density at radius 1 is 1.53 bits per heavy atom. The van der Waals surface area contributed by atoms with Gasteiger partial charge in [0.1, 0.15) is 4.88 Å². The first-order valence-electron chi connectivity index (χ1n) is 5.91. The number of amides is 1. The number of nitrogens with zero attached hydrogens (tertiary/aromatic N) is 2. The van der Waals surface area contributed by atoms with Crippen LogP contribution in [0.5, 0.6) is 0 Å². The number of rotatable bonds is 6. The molecule has 0 radical (unpaired) electrons. The molecule has 0 aromatic carbocycles. The summed E-state index contributed by atoms with van der Waals surface area (Å²) in [6.07, 6.45) is 1.74. The predicted molar refractivity (Wildman–Crippen MR) is 69.1 cm³/mol. The van der Waals surface area contributed by atoms with E-state index in [4.69, 9.17) is 5.73 Å². The molecule has 0 saturated carbocycles. The van der Waals surface area contributed by atoms with E-state index in [1.54, 1.807) is 0 Å². The number of hydrogen-bond donors (Lipinski definition) is 2. The van der Waals surface area contributed by atoms with Crippen LogP contribution < -0.4 is 11.1 Å². The molecule has 0 aliphatic rings. The molecule has 1 aromatic rings. The average molecular weight is 256 g/mol. The van der Waals surface area contributed by atoms with Gasteiger partial charge in [-0.15, -0.1) is 5.10 Å². The van der Waals surface area contributed by atoms with Gasteiger partial charge in [0.05, 0.1) is 5.69 Å². The Morgan fingerprint density at radius 2 is 2.24 bits per heavy atom. The van der Waals surface area contributed by atoms with Crippen molar-refractivity contribution in [3.05, 3.63) is 10.6 Å². The number of hydrogen-bond acceptors (Lipinski definition) is 5. The summed E-state index contributed by atoms with van der Waals surface area (Å²) in [6.45, 7) is 6.61. The van der Waals surface area contributed by atoms with Crippen LogP contribution >= 0.6 is 11.5 Å². The van der Waals surface area contributed by atoms with Crippen LogP contribution in [-0.4, -0.2) is 28.1 Å². The molecule has 1 rings (SSSR count). The number of nitrogens with two attached hydrogens (primary N) is 1. The van der Waals surface area contributed by atoms with E-state index in [0.29, 0.717) is 17.3 Å². The van der Waals surface area contributed by atoms with E-state index in [0.717, 1.165) is 30.1 Å². The van der Waals surface area contributed by atoms with Gasteiger partial charge in [0, 0.05) is 12.6 Å². The highest BCUT2D eigenvalue weighted by molar-refractivity contribution is 7.08. The Morgan fingerprint density at radius 3 is 2.82 bits per heavy atom. The van der Waals surface area contributed by atoms with Crippen molar-refractivity contribution in [2.45, 2.75) is 39.7 Å². The molecule has 1 aromatic heterocycles. The molecule has 0 aliphatic heterocycles. The second kappa shape index (κ2) is 6.66. The molecular weight excluding hydrogens is 236 g/mol. The SMILES string of the molecule is CCCc1nnsc1C(=O)NCC(N)C(C)C. The van der Waals surface area contributed by atoms with E-state index in [1.807, 2.05) is 13.8 Å². The van der Waals surface area contributed by atoms with Gasteiger partial charge in [-0.1, -0.05) is 31.7 Å². The third-order valence-electron chi connectivity index (χ3n) is 2.60. The van der Waals surface area contributed by atoms with Gasteiger partial charge in [-0.25, -0.2) is 0 Å². The molecule has 1 amide bonds. The highest BCUT2D eigenvalue weighted by Crippen LogP contribution is 2.12. The maximum absolute atomic E-state index is 11.9. The lowest BCUT2D eigenvalue weighted by Crippen LogP contribution is -2.40. The van der Waals surface area contributed by atoms with Gasteiger partial charge in [0.2, 0.25) is 0 Å². The van der Waals surface area contributed by atoms with Gasteiger partial charge in [-0.2, -0.15) is 0 Å². The van der Waals surface area contributed by atoms with E-state index in [-0.39, 0.29) is 11.9 Å². The molecule has 96 valence electrons. The second-order valence-electron chi connectivity index (χ2n) is 4.42. The van der Waals surface area contributed by atoms with Gasteiger partial charge in [-0.05, 0) is 23.9 Å². The maximum atomic E-state index is 11.9. The van der Waals surface area contributed by atoms with E-state index >= 15 is 0 Å². The van der Waals surface area contributed by atoms with E-state index in [1.165, 1.54) is 0 Å². The van der Waals surface area contributed by atoms with Crippen LogP contribution in [0.1, 0.15) is 42.6 Å². The summed E-state index contributed by atoms with van der Waals surface area (Å²) >= 11 is 1.14. The van der Waals surface area contributed by atoms with Crippen molar-refractivity contribution < 1.29 is 4.79 Å². The van der Waals surface area contributed by atoms with Crippen molar-refractivity contribution in [2.75, 3.05) is 6.54 Å². The van der Waals surface area contributed by atoms with Crippen molar-refractivity contribution in [2.24, 2.45) is 11.7 Å². The zero-order valence-corrected chi connectivity index (χ0v) is 11.4. The molecule has 0 spiro atoms. The standard InChI is InChI=1S/C11H20N4OS/c1-4-5-9-10(17-15-14-9)11(16)13-6-8(12)7(2)3/h7-8H,4-6,12H2,1-3H3,(H,13,16). The van der Waals surface area contributed by atoms with Gasteiger partial charge in [0.15, 0.2) is 0 Å². The highest BCUT2D eigenvalue weighted by Gasteiger charge is 2.16. The summed E-state index contributed by atoms with van der Waals surface area (Å²) in [5.41, 5.74) is 6.66. The molecule has 17 heavy (non-hydrogen) atoms. The number of aromatic nitrogens is 2. The fourth-order valence-corrected chi connectivity index (χ4v) is 1.93. The summed E-state index contributed by atoms with van der Waals surface area (Å²) in [7, 11) is 0. The predicted octanol–water partition coefficient (Wildman–Crippen LogP) is 1.20. The molecule has 1 atom stereocenters. The number of carbonyl (C=O) groups excluding carboxylic acids is 1. The first-order valence-corrected chi connectivity index (χ1v) is 6.68. The third-order valence-corrected chi connectivity index (χ3v) is 3.37. The number of nitrogens with one attached hydrogen (secondary N) is 1. The van der Waals surface area contributed by atoms with Gasteiger partial charge in [-0.3, -0.25) is 4.79 Å². The molecule has 3 N–H and O–H groups in total. The zero-order chi connectivity index (χ0) is 12.8. The van der Waals surface area contributed by atoms with Crippen LogP contribution in [0.25, 0.3) is 0 Å². The van der Waals surface area contributed by atoms with Crippen LogP contribution in [0.4, 0.5) is 0 Å². The Hall–Kier alpha value is -1.01. The number of aryl methyl sites for hydroxylation is 1. The van der Waals surface area contributed by atoms with Crippen molar-refractivity contribution in [3.8, 4) is 0 Å². The second-order valence-corrected chi connectivity index (χ2v) is 5.17. The lowest BCUT2D eigenvalue weighted by molar-refractivity contribution is 0.0952. The van der Waals surface area contributed by atoms with Crippen LogP contribution in [-0.2, 0) is 6.42 Å². The normalized spacial score (nSPS) is 12.8. The molecular formula is C11H20N4OS. The van der Waals surface area contributed by atoms with E-state index in [9.17, 15) is 4.79 Å². The van der Waals surface area contributed by atoms with Gasteiger partial charge >= 0.3 is 0 Å². The summed E-state index contributed by atoms with van der Waals surface area (Å²) in [5.74, 6) is 0.240. The highest BCUT2D eigenvalue weighted by atomic mass is 32.1. The quantitative estimate of drug-likeness (QED) is 0.801. The first-order chi connectivity index (χ1) is 8.06. The molecule has 1 heterocycles. The summed E-state index contributed by atoms with van der Waals surface area (Å²) in [6, 6.07) is -0.0190. The topological polar surface area (TPSA) is 80.9 Å². The first kappa shape index (κ1) is 14.1. The zero-order valence-electron chi connectivity index (χ0n) is 10.6. The van der Waals surface area contributed by atoms with Crippen LogP contribution in [0.2, 0.25) is 0 Å². The average Bonchev–Trinajstić information content (AvgIpc) is 2.74. The lowest BCUT2D eigenvalue weighted by atomic mass is 10.1. The van der Waals surface area contributed by atoms with Crippen LogP contribution in [0.3, 0.4) is 0 Å². The minimum Gasteiger partial charge on any atom is -0.350 e. The fraction of sp³-hybridized carbons (Fsp3) is 0.727. The monoisotopic (exact) mass is 256 g/mol. The van der Waals surface area contributed by atoms with Crippen molar-refractivity contribution in [1.82, 2.24) is 14.9 Å². The van der Waals surface area contributed by atoms with Gasteiger partial charge in [0.25, 0.3) is 5.91 Å². The number of carbonyl (C=O) groups is 1. The molecule has 5 nitrogen and oxygen atoms in total. The Balaban J connectivity index is 2.55. The van der Waals surface area contributed by atoms with Crippen molar-refractivity contribution in [1.29, 1.82) is 0 Å². The maximum Gasteiger partial charge on any atom is 0.265 e. The third kappa shape index (κ3) is 4.05. The minimum absolute atomic E-state index is 0.0190. The summed E-state index contributed by atoms with van der Waals surface area (Å²) < 4.78 is 3.82. The van der Waals surface area contributed by atoms with Gasteiger partial charge < -0.3 is 11.1 Å². The van der Waals surface area contributed by atoms with Crippen LogP contribution in [0, 0.1) is 5.92 Å². The summed E-state index contributed by atoms with van der Waals surface area (Å²) in [4.78, 5) is 12.5. The molecule has 0 aliphatic carbocycles. The fourth-order valence-electron chi connectivity index (χ4n) is 1.31.